The van der Waals surface area contributed by atoms with Crippen LogP contribution in [0.25, 0.3) is 0 Å². The van der Waals surface area contributed by atoms with Crippen LogP contribution in [-0.2, 0) is 27.4 Å². The van der Waals surface area contributed by atoms with Gasteiger partial charge in [-0.1, -0.05) is 172 Å². The molecule has 0 bridgehead atoms. The minimum absolute atomic E-state index is 0.0658. The van der Waals surface area contributed by atoms with E-state index in [0.29, 0.717) is 26.2 Å². The van der Waals surface area contributed by atoms with Crippen molar-refractivity contribution in [2.24, 2.45) is 5.92 Å². The van der Waals surface area contributed by atoms with E-state index in [4.69, 9.17) is 4.74 Å². The van der Waals surface area contributed by atoms with Crippen molar-refractivity contribution in [1.82, 2.24) is 15.1 Å². The van der Waals surface area contributed by atoms with Gasteiger partial charge in [0, 0.05) is 37.5 Å². The Hall–Kier alpha value is -4.85. The lowest BCUT2D eigenvalue weighted by Gasteiger charge is -2.37. The van der Waals surface area contributed by atoms with Crippen molar-refractivity contribution >= 4 is 23.8 Å². The maximum atomic E-state index is 14.7. The first-order chi connectivity index (χ1) is 27.1. The van der Waals surface area contributed by atoms with Crippen LogP contribution in [0.2, 0.25) is 0 Å². The van der Waals surface area contributed by atoms with E-state index < -0.39 is 16.4 Å². The molecule has 1 aliphatic heterocycles. The van der Waals surface area contributed by atoms with Crippen LogP contribution in [0.1, 0.15) is 75.3 Å². The summed E-state index contributed by atoms with van der Waals surface area (Å²) in [6.07, 6.45) is 1.25. The quantitative estimate of drug-likeness (QED) is 0.108. The van der Waals surface area contributed by atoms with Crippen molar-refractivity contribution in [2.75, 3.05) is 13.1 Å². The van der Waals surface area contributed by atoms with Gasteiger partial charge in [-0.2, -0.15) is 0 Å². The lowest BCUT2D eigenvalue weighted by molar-refractivity contribution is -0.136. The summed E-state index contributed by atoms with van der Waals surface area (Å²) < 4.78 is 5.53. The molecule has 56 heavy (non-hydrogen) atoms. The van der Waals surface area contributed by atoms with Crippen LogP contribution in [0, 0.1) is 5.92 Å². The summed E-state index contributed by atoms with van der Waals surface area (Å²) in [4.78, 5) is 32.7. The van der Waals surface area contributed by atoms with Gasteiger partial charge in [-0.15, -0.1) is 11.8 Å². The monoisotopic (exact) mass is 767 g/mol. The molecular formula is C49H57N3O3S. The predicted molar refractivity (Wildman–Crippen MR) is 230 cm³/mol. The van der Waals surface area contributed by atoms with Crippen molar-refractivity contribution in [2.45, 2.75) is 88.2 Å². The number of hydrogen-bond donors (Lipinski definition) is 1. The van der Waals surface area contributed by atoms with Crippen LogP contribution >= 0.6 is 11.8 Å². The first kappa shape index (κ1) is 40.8. The van der Waals surface area contributed by atoms with E-state index in [2.05, 4.69) is 134 Å². The Bertz CT molecular complexity index is 1820. The predicted octanol–water partition coefficient (Wildman–Crippen LogP) is 10.3. The van der Waals surface area contributed by atoms with Crippen LogP contribution in [0.5, 0.6) is 0 Å². The molecule has 6 rings (SSSR count). The summed E-state index contributed by atoms with van der Waals surface area (Å²) in [5.41, 5.74) is 5.09. The third-order valence-corrected chi connectivity index (χ3v) is 12.4. The fraction of sp³-hybridized carbons (Fsp3) is 0.347. The number of carbonyl (C=O) groups is 2. The number of nitrogens with one attached hydrogen (secondary N) is 1. The second-order valence-corrected chi connectivity index (χ2v) is 17.5. The molecule has 292 valence electrons. The highest BCUT2D eigenvalue weighted by Gasteiger charge is 2.45. The Morgan fingerprint density at radius 3 is 1.57 bits per heavy atom. The van der Waals surface area contributed by atoms with E-state index in [0.717, 1.165) is 24.0 Å². The van der Waals surface area contributed by atoms with Crippen molar-refractivity contribution < 1.29 is 14.3 Å². The highest BCUT2D eigenvalue weighted by Crippen LogP contribution is 2.52. The van der Waals surface area contributed by atoms with Gasteiger partial charge in [0.25, 0.3) is 0 Å². The Morgan fingerprint density at radius 2 is 1.16 bits per heavy atom. The molecule has 0 aliphatic carbocycles. The smallest absolute Gasteiger partial charge is 0.410 e. The third kappa shape index (κ3) is 10.1. The van der Waals surface area contributed by atoms with Crippen LogP contribution in [-0.4, -0.2) is 57.8 Å². The first-order valence-corrected chi connectivity index (χ1v) is 20.9. The summed E-state index contributed by atoms with van der Waals surface area (Å²) in [6, 6.07) is 51.9. The van der Waals surface area contributed by atoms with E-state index in [1.807, 2.05) is 78.7 Å². The molecule has 4 atom stereocenters. The summed E-state index contributed by atoms with van der Waals surface area (Å²) >= 11 is 1.91. The van der Waals surface area contributed by atoms with Crippen molar-refractivity contribution in [3.63, 3.8) is 0 Å². The average molecular weight is 768 g/mol. The molecule has 1 N–H and O–H groups in total. The van der Waals surface area contributed by atoms with Gasteiger partial charge >= 0.3 is 6.09 Å². The van der Waals surface area contributed by atoms with Gasteiger partial charge < -0.3 is 19.9 Å². The number of nitrogens with zero attached hydrogens (tertiary/aromatic N) is 2. The van der Waals surface area contributed by atoms with Crippen molar-refractivity contribution in [3.8, 4) is 0 Å². The Morgan fingerprint density at radius 1 is 0.732 bits per heavy atom. The number of benzene rings is 5. The lowest BCUT2D eigenvalue weighted by atomic mass is 9.84. The summed E-state index contributed by atoms with van der Waals surface area (Å²) in [5, 5.41) is 3.81. The summed E-state index contributed by atoms with van der Waals surface area (Å²) in [5.74, 6) is 0.135. The fourth-order valence-electron chi connectivity index (χ4n) is 7.72. The number of hydrogen-bond acceptors (Lipinski definition) is 5. The van der Waals surface area contributed by atoms with Gasteiger partial charge in [-0.3, -0.25) is 4.79 Å². The lowest BCUT2D eigenvalue weighted by Crippen LogP contribution is -2.53. The number of carbonyl (C=O) groups excluding carboxylic acids is 2. The van der Waals surface area contributed by atoms with E-state index in [-0.39, 0.29) is 29.2 Å². The molecule has 1 aliphatic rings. The van der Waals surface area contributed by atoms with Gasteiger partial charge in [-0.05, 0) is 60.9 Å². The van der Waals surface area contributed by atoms with E-state index >= 15 is 0 Å². The topological polar surface area (TPSA) is 61.9 Å². The van der Waals surface area contributed by atoms with E-state index in [1.54, 1.807) is 0 Å². The number of rotatable bonds is 15. The Balaban J connectivity index is 1.31. The highest BCUT2D eigenvalue weighted by atomic mass is 32.2. The zero-order chi connectivity index (χ0) is 39.5. The molecule has 0 spiro atoms. The van der Waals surface area contributed by atoms with Gasteiger partial charge in [0.15, 0.2) is 0 Å². The van der Waals surface area contributed by atoms with Gasteiger partial charge in [0.1, 0.15) is 5.60 Å². The Labute approximate surface area is 338 Å². The van der Waals surface area contributed by atoms with Crippen molar-refractivity contribution in [1.29, 1.82) is 0 Å². The van der Waals surface area contributed by atoms with Crippen LogP contribution in [0.15, 0.2) is 152 Å². The molecule has 0 saturated carbocycles. The SMILES string of the molecule is CC[C@H](C)[C@H](NC[C@H]1C[C@@H](SC(c2ccccc2)(c2ccccc2)c2ccccc2)CN1C(=O)OC(C)(C)C)C(=O)N(Cc1ccccc1)Cc1ccccc1. The molecular weight excluding hydrogens is 711 g/mol. The molecule has 1 fully saturated rings. The molecule has 2 amide bonds. The third-order valence-electron chi connectivity index (χ3n) is 10.7. The molecule has 5 aromatic rings. The standard InChI is InChI=1S/C49H57N3O3S/c1-6-37(2)45(46(53)51(34-38-22-12-7-13-23-38)35-39-24-14-8-15-25-39)50-33-43-32-44(36-52(43)47(54)55-48(3,4)5)56-49(40-26-16-9-17-27-40,41-28-18-10-19-29-41)42-30-20-11-21-31-42/h7-31,37,43-45,50H,6,32-36H2,1-5H3/t37-,43+,44+,45-/m0/s1. The first-order valence-electron chi connectivity index (χ1n) is 20.0. The number of thioether (sulfide) groups is 1. The minimum Gasteiger partial charge on any atom is -0.444 e. The molecule has 1 heterocycles. The summed E-state index contributed by atoms with van der Waals surface area (Å²) in [7, 11) is 0. The largest absolute Gasteiger partial charge is 0.444 e. The zero-order valence-corrected chi connectivity index (χ0v) is 34.3. The van der Waals surface area contributed by atoms with Gasteiger partial charge in [0.2, 0.25) is 5.91 Å². The second-order valence-electron chi connectivity index (χ2n) is 16.0. The van der Waals surface area contributed by atoms with Crippen LogP contribution in [0.3, 0.4) is 0 Å². The van der Waals surface area contributed by atoms with E-state index in [9.17, 15) is 9.59 Å². The van der Waals surface area contributed by atoms with E-state index in [1.165, 1.54) is 16.7 Å². The molecule has 7 heteroatoms. The van der Waals surface area contributed by atoms with Gasteiger partial charge in [0.05, 0.1) is 10.8 Å². The van der Waals surface area contributed by atoms with Crippen LogP contribution < -0.4 is 5.32 Å². The van der Waals surface area contributed by atoms with Crippen molar-refractivity contribution in [3.05, 3.63) is 179 Å². The van der Waals surface area contributed by atoms with Gasteiger partial charge in [-0.25, -0.2) is 4.79 Å². The number of amides is 2. The number of ether oxygens (including phenoxy) is 1. The molecule has 0 unspecified atom stereocenters. The number of likely N-dealkylation sites (tertiary alicyclic amines) is 1. The summed E-state index contributed by atoms with van der Waals surface area (Å²) in [6.45, 7) is 12.0. The Kier molecular flexibility index (Phi) is 13.7. The molecule has 0 aromatic heterocycles. The molecule has 6 nitrogen and oxygen atoms in total. The normalized spacial score (nSPS) is 16.9. The molecule has 5 aromatic carbocycles. The maximum absolute atomic E-state index is 14.7. The van der Waals surface area contributed by atoms with Crippen LogP contribution in [0.4, 0.5) is 4.79 Å². The highest BCUT2D eigenvalue weighted by molar-refractivity contribution is 8.01. The maximum Gasteiger partial charge on any atom is 0.410 e. The zero-order valence-electron chi connectivity index (χ0n) is 33.5. The average Bonchev–Trinajstić information content (AvgIpc) is 3.63. The fourth-order valence-corrected chi connectivity index (χ4v) is 9.59. The molecule has 1 saturated heterocycles. The minimum atomic E-state index is -0.646. The molecule has 0 radical (unpaired) electrons. The second kappa shape index (κ2) is 18.9.